The van der Waals surface area contributed by atoms with Gasteiger partial charge in [0.1, 0.15) is 84.3 Å². The highest BCUT2D eigenvalue weighted by Crippen LogP contribution is 2.50. The van der Waals surface area contributed by atoms with Gasteiger partial charge in [-0.1, -0.05) is 0 Å². The van der Waals surface area contributed by atoms with E-state index in [2.05, 4.69) is 20.4 Å². The summed E-state index contributed by atoms with van der Waals surface area (Å²) in [7, 11) is -14.5. The lowest BCUT2D eigenvalue weighted by Crippen LogP contribution is -2.18. The number of hydrogen-bond donors (Lipinski definition) is 2. The van der Waals surface area contributed by atoms with Crippen molar-refractivity contribution in [3.63, 3.8) is 0 Å². The summed E-state index contributed by atoms with van der Waals surface area (Å²) in [5, 5.41) is 17.0. The topological polar surface area (TPSA) is 386 Å². The van der Waals surface area contributed by atoms with Crippen LogP contribution >= 0.6 is 29.5 Å². The predicted molar refractivity (Wildman–Crippen MR) is 409 cm³/mol. The monoisotopic (exact) mass is 1590 g/mol. The normalized spacial score (nSPS) is 13.5. The van der Waals surface area contributed by atoms with Crippen molar-refractivity contribution in [2.75, 3.05) is 104 Å². The maximum Gasteiger partial charge on any atom is 0.351 e. The zero-order valence-electron chi connectivity index (χ0n) is 63.5. The second-order valence-corrected chi connectivity index (χ2v) is 40.1. The summed E-state index contributed by atoms with van der Waals surface area (Å²) in [6.07, 6.45) is 2.48. The van der Waals surface area contributed by atoms with Crippen LogP contribution in [0.1, 0.15) is 96.4 Å². The van der Waals surface area contributed by atoms with E-state index in [1.807, 2.05) is 54.5 Å². The Morgan fingerprint density at radius 2 is 0.877 bits per heavy atom. The van der Waals surface area contributed by atoms with Crippen molar-refractivity contribution in [1.82, 2.24) is 39.1 Å². The van der Waals surface area contributed by atoms with Crippen LogP contribution in [0, 0.1) is 27.7 Å². The second-order valence-electron chi connectivity index (χ2n) is 25.5. The van der Waals surface area contributed by atoms with E-state index in [1.54, 1.807) is 155 Å². The number of Topliss-reactive ketones (excluding diaryl/α,β-unsaturated/α-hetero) is 2. The summed E-state index contributed by atoms with van der Waals surface area (Å²) in [5.41, 5.74) is 16.3. The lowest BCUT2D eigenvalue weighted by molar-refractivity contribution is 0.0914. The first kappa shape index (κ1) is 89.1. The molecule has 0 aliphatic heterocycles. The number of aromatic nitrogens is 8. The molecule has 0 amide bonds. The zero-order valence-corrected chi connectivity index (χ0v) is 68.7. The molecule has 36 heteroatoms. The van der Waals surface area contributed by atoms with E-state index in [-0.39, 0.29) is 71.6 Å². The highest BCUT2D eigenvalue weighted by atomic mass is 32.2. The van der Waals surface area contributed by atoms with E-state index < -0.39 is 49.1 Å². The molecule has 8 rings (SSSR count). The average Bonchev–Trinajstić information content (AvgIpc) is 1.37. The van der Waals surface area contributed by atoms with Gasteiger partial charge in [0.15, 0.2) is 31.2 Å². The van der Waals surface area contributed by atoms with Crippen molar-refractivity contribution in [2.45, 2.75) is 129 Å². The highest BCUT2D eigenvalue weighted by Gasteiger charge is 2.27. The fourth-order valence-corrected chi connectivity index (χ4v) is 16.7. The third-order valence-electron chi connectivity index (χ3n) is 14.5. The molecule has 0 aliphatic carbocycles. The Morgan fingerprint density at radius 3 is 1.27 bits per heavy atom. The molecule has 584 valence electrons. The first-order valence-corrected chi connectivity index (χ1v) is 46.4. The lowest BCUT2D eigenvalue weighted by Gasteiger charge is -2.17. The quantitative estimate of drug-likeness (QED) is 0.0272. The number of rotatable bonds is 36. The van der Waals surface area contributed by atoms with Gasteiger partial charge in [-0.15, -0.1) is 0 Å². The highest BCUT2D eigenvalue weighted by molar-refractivity contribution is 7.91. The fraction of sp³-hybridized carbons (Fsp3) is 0.457. The van der Waals surface area contributed by atoms with Gasteiger partial charge in [0.25, 0.3) is 0 Å². The number of ether oxygens (including phenoxy) is 6. The van der Waals surface area contributed by atoms with Crippen LogP contribution in [0.4, 0.5) is 11.6 Å². The molecule has 0 saturated carbocycles. The summed E-state index contributed by atoms with van der Waals surface area (Å²) in [5.74, 6) is 2.86. The minimum atomic E-state index is -3.34. The molecule has 0 radical (unpaired) electrons. The second kappa shape index (κ2) is 40.0. The number of nitrogens with two attached hydrogens (primary N) is 2. The van der Waals surface area contributed by atoms with Gasteiger partial charge >= 0.3 is 7.60 Å². The number of ketones is 2. The molecule has 30 nitrogen and oxygen atoms in total. The SMILES string of the molecule is CCOP(=O)(Cn1nc(N)cc1C)OCC.CCOP(C)(=O)Cn1nc(C)cc1N.CCOP(C)(=O)Cn1nc(CC(=O)c2cc(Oc3ccc(S(C)(=O)=O)cc3)cc(O[C@@H](C)COC)c2)cc1C.COC[C@H](C)Oc1cc(Oc2ccc(S(C)(=O)=O)cc2)cc(C(=O)Cc2cc(C)nn2CP(C)(C)=O)c1. The standard InChI is InChI=1S/C27H35N2O8PS.C26H33N2O7PS.C9H18N3O3P.C8H16N3O2P/c1-7-35-38(5,31)18-29-19(2)12-22(28-29)15-27(30)21-13-24(36-20(3)17-34-4)16-25(14-21)37-23-8-10-26(11-9-23)39(6,32)33;1-18-11-21(28(27-18)17-36(4,5)30)14-26(29)20-12-23(34-19(2)16-33-3)15-24(13-20)35-22-7-9-25(10-8-22)37(6,31)32;1-4-14-16(13,15-5-2)7-12-8(3)6-9(10)11-12;1-4-13-14(3,12)6-11-8(9)5-7(2)10-11/h8-14,16,20H,7,15,17-18H2,1-6H3;7-13,15,19H,14,16-17H2,1-6H3;6H,4-5,7H2,1-3H3,(H2,10,11);5H,4,6,9H2,1-3H3/t20-,38?;19-;;/m00../s1. The summed E-state index contributed by atoms with van der Waals surface area (Å²) in [4.78, 5) is 27.0. The number of hydrogen-bond acceptors (Lipinski definition) is 26. The molecule has 4 aromatic carbocycles. The maximum absolute atomic E-state index is 13.4. The summed E-state index contributed by atoms with van der Waals surface area (Å²) in [6.45, 7) is 26.9. The Morgan fingerprint density at radius 1 is 0.472 bits per heavy atom. The van der Waals surface area contributed by atoms with Crippen LogP contribution in [0.5, 0.6) is 34.5 Å². The minimum absolute atomic E-state index is 0.00999. The van der Waals surface area contributed by atoms with Crippen molar-refractivity contribution < 1.29 is 91.2 Å². The number of carbonyl (C=O) groups is 2. The summed E-state index contributed by atoms with van der Waals surface area (Å²) >= 11 is 0. The molecular formula is C70H102N10O20P4S2. The van der Waals surface area contributed by atoms with Crippen molar-refractivity contribution in [3.05, 3.63) is 154 Å². The third-order valence-corrected chi connectivity index (χ3v) is 22.8. The van der Waals surface area contributed by atoms with E-state index in [9.17, 15) is 44.7 Å². The number of nitrogen functional groups attached to an aromatic ring is 2. The van der Waals surface area contributed by atoms with E-state index in [1.165, 1.54) is 28.9 Å². The Kier molecular flexibility index (Phi) is 33.6. The van der Waals surface area contributed by atoms with Crippen LogP contribution in [-0.2, 0) is 103 Å². The van der Waals surface area contributed by atoms with Gasteiger partial charge in [-0.25, -0.2) is 21.5 Å². The molecule has 2 unspecified atom stereocenters. The first-order valence-electron chi connectivity index (χ1n) is 33.6. The van der Waals surface area contributed by atoms with Gasteiger partial charge in [-0.2, -0.15) is 20.4 Å². The Labute approximate surface area is 622 Å². The van der Waals surface area contributed by atoms with E-state index in [0.717, 1.165) is 35.3 Å². The molecule has 4 heterocycles. The van der Waals surface area contributed by atoms with Crippen molar-refractivity contribution in [1.29, 1.82) is 0 Å². The largest absolute Gasteiger partial charge is 0.488 e. The zero-order chi connectivity index (χ0) is 79.1. The molecule has 4 atom stereocenters. The summed E-state index contributed by atoms with van der Waals surface area (Å²) in [6, 6.07) is 28.9. The molecule has 4 N–H and O–H groups in total. The number of aryl methyl sites for hydroxylation is 4. The number of benzene rings is 4. The van der Waals surface area contributed by atoms with E-state index in [0.29, 0.717) is 108 Å². The van der Waals surface area contributed by atoms with Gasteiger partial charge in [-0.05, 0) is 167 Å². The number of sulfone groups is 2. The first-order chi connectivity index (χ1) is 49.5. The van der Waals surface area contributed by atoms with Crippen molar-refractivity contribution >= 4 is 72.4 Å². The van der Waals surface area contributed by atoms with E-state index in [4.69, 9.17) is 58.0 Å². The maximum atomic E-state index is 13.4. The van der Waals surface area contributed by atoms with Gasteiger partial charge in [0.05, 0.1) is 85.6 Å². The summed E-state index contributed by atoms with van der Waals surface area (Å²) < 4.78 is 157. The predicted octanol–water partition coefficient (Wildman–Crippen LogP) is 13.6. The molecule has 4 aromatic heterocycles. The van der Waals surface area contributed by atoms with Crippen molar-refractivity contribution in [3.8, 4) is 34.5 Å². The number of anilines is 2. The van der Waals surface area contributed by atoms with Gasteiger partial charge in [-0.3, -0.25) is 37.3 Å². The van der Waals surface area contributed by atoms with Crippen LogP contribution in [0.3, 0.4) is 0 Å². The minimum Gasteiger partial charge on any atom is -0.488 e. The molecule has 0 fully saturated rings. The van der Waals surface area contributed by atoms with Crippen LogP contribution in [0.2, 0.25) is 0 Å². The Bertz CT molecular complexity index is 4660. The number of nitrogens with zero attached hydrogens (tertiary/aromatic N) is 8. The van der Waals surface area contributed by atoms with Crippen molar-refractivity contribution in [2.24, 2.45) is 0 Å². The van der Waals surface area contributed by atoms with Crippen LogP contribution in [0.15, 0.2) is 119 Å². The van der Waals surface area contributed by atoms with Crippen LogP contribution < -0.4 is 30.4 Å². The van der Waals surface area contributed by atoms with Crippen LogP contribution in [-0.4, -0.2) is 173 Å². The van der Waals surface area contributed by atoms with Gasteiger partial charge in [0, 0.05) is 92.5 Å². The molecule has 8 aromatic rings. The third kappa shape index (κ3) is 30.2. The average molecular weight is 1590 g/mol. The van der Waals surface area contributed by atoms with E-state index >= 15 is 0 Å². The number of methoxy groups -OCH3 is 2. The lowest BCUT2D eigenvalue weighted by atomic mass is 10.1. The molecule has 0 spiro atoms. The Hall–Kier alpha value is -7.56. The Balaban J connectivity index is 0.000000276. The molecular weight excluding hydrogens is 1490 g/mol. The number of carbonyl (C=O) groups excluding carboxylic acids is 2. The molecule has 106 heavy (non-hydrogen) atoms. The van der Waals surface area contributed by atoms with Gasteiger partial charge in [0.2, 0.25) is 14.7 Å². The smallest absolute Gasteiger partial charge is 0.351 e. The van der Waals surface area contributed by atoms with Crippen LogP contribution in [0.25, 0.3) is 0 Å². The van der Waals surface area contributed by atoms with Gasteiger partial charge < -0.3 is 62.5 Å². The molecule has 0 bridgehead atoms. The molecule has 0 saturated heterocycles. The molecule has 0 aliphatic rings. The fourth-order valence-electron chi connectivity index (χ4n) is 10.2.